The zero-order valence-corrected chi connectivity index (χ0v) is 13.2. The number of benzene rings is 1. The van der Waals surface area contributed by atoms with E-state index >= 15 is 0 Å². The number of carboxylic acids is 1. The number of nitrogens with zero attached hydrogens (tertiary/aromatic N) is 2. The maximum atomic E-state index is 14.4. The molecule has 1 aromatic heterocycles. The first-order valence-electron chi connectivity index (χ1n) is 7.83. The third kappa shape index (κ3) is 3.14. The molecule has 0 aliphatic carbocycles. The summed E-state index contributed by atoms with van der Waals surface area (Å²) in [6.07, 6.45) is 2.87. The van der Waals surface area contributed by atoms with Crippen molar-refractivity contribution in [3.8, 4) is 0 Å². The second kappa shape index (κ2) is 6.65. The number of carboxylic acid groups (broad SMARTS) is 1. The Kier molecular flexibility index (Phi) is 4.57. The van der Waals surface area contributed by atoms with Crippen LogP contribution in [0.4, 0.5) is 8.78 Å². The molecule has 0 saturated carbocycles. The Morgan fingerprint density at radius 2 is 2.12 bits per heavy atom. The molecule has 0 bridgehead atoms. The molecule has 0 radical (unpaired) electrons. The topological polar surface area (TPSA) is 53.4 Å². The van der Waals surface area contributed by atoms with Gasteiger partial charge in [0.05, 0.1) is 11.7 Å². The molecule has 6 heteroatoms. The van der Waals surface area contributed by atoms with E-state index in [4.69, 9.17) is 0 Å². The fourth-order valence-corrected chi connectivity index (χ4v) is 3.24. The SMILES string of the molecule is Cc1ccc(C(c2ccc(F)cc2F)N2CCCC2C(=O)O)nc1. The molecular weight excluding hydrogens is 314 g/mol. The maximum absolute atomic E-state index is 14.4. The summed E-state index contributed by atoms with van der Waals surface area (Å²) in [6.45, 7) is 2.41. The average Bonchev–Trinajstić information content (AvgIpc) is 3.01. The molecule has 126 valence electrons. The molecule has 2 unspecified atom stereocenters. The van der Waals surface area contributed by atoms with Crippen molar-refractivity contribution in [1.82, 2.24) is 9.88 Å². The lowest BCUT2D eigenvalue weighted by molar-refractivity contribution is -0.142. The molecule has 2 aromatic rings. The summed E-state index contributed by atoms with van der Waals surface area (Å²) in [6, 6.07) is 5.63. The normalized spacial score (nSPS) is 19.4. The van der Waals surface area contributed by atoms with Crippen LogP contribution < -0.4 is 0 Å². The molecule has 1 aliphatic heterocycles. The van der Waals surface area contributed by atoms with E-state index in [1.807, 2.05) is 13.0 Å². The van der Waals surface area contributed by atoms with Crippen molar-refractivity contribution in [2.45, 2.75) is 31.8 Å². The van der Waals surface area contributed by atoms with Crippen LogP contribution in [-0.4, -0.2) is 33.5 Å². The number of hydrogen-bond donors (Lipinski definition) is 1. The van der Waals surface area contributed by atoms with Gasteiger partial charge in [0, 0.05) is 24.4 Å². The van der Waals surface area contributed by atoms with Gasteiger partial charge in [-0.1, -0.05) is 12.1 Å². The maximum Gasteiger partial charge on any atom is 0.320 e. The summed E-state index contributed by atoms with van der Waals surface area (Å²) in [5.74, 6) is -2.30. The number of rotatable bonds is 4. The predicted octanol–water partition coefficient (Wildman–Crippen LogP) is 3.31. The second-order valence-corrected chi connectivity index (χ2v) is 6.06. The number of hydrogen-bond acceptors (Lipinski definition) is 3. The number of halogens is 2. The van der Waals surface area contributed by atoms with Crippen LogP contribution in [0, 0.1) is 18.6 Å². The van der Waals surface area contributed by atoms with Gasteiger partial charge < -0.3 is 5.11 Å². The molecule has 2 heterocycles. The van der Waals surface area contributed by atoms with Gasteiger partial charge in [0.1, 0.15) is 17.7 Å². The molecular formula is C18H18F2N2O2. The highest BCUT2D eigenvalue weighted by molar-refractivity contribution is 5.74. The molecule has 1 aromatic carbocycles. The summed E-state index contributed by atoms with van der Waals surface area (Å²) in [5, 5.41) is 9.47. The number of aliphatic carboxylic acids is 1. The Balaban J connectivity index is 2.10. The molecule has 3 rings (SSSR count). The van der Waals surface area contributed by atoms with Crippen molar-refractivity contribution in [2.75, 3.05) is 6.54 Å². The number of aromatic nitrogens is 1. The second-order valence-electron chi connectivity index (χ2n) is 6.06. The first kappa shape index (κ1) is 16.5. The van der Waals surface area contributed by atoms with E-state index in [0.717, 1.165) is 11.6 Å². The Labute approximate surface area is 138 Å². The Morgan fingerprint density at radius 3 is 2.75 bits per heavy atom. The van der Waals surface area contributed by atoms with E-state index in [-0.39, 0.29) is 5.56 Å². The molecule has 1 aliphatic rings. The molecule has 2 atom stereocenters. The summed E-state index contributed by atoms with van der Waals surface area (Å²) in [5.41, 5.74) is 1.74. The van der Waals surface area contributed by atoms with E-state index in [9.17, 15) is 18.7 Å². The van der Waals surface area contributed by atoms with Crippen molar-refractivity contribution in [3.05, 3.63) is 65.0 Å². The number of carbonyl (C=O) groups is 1. The average molecular weight is 332 g/mol. The van der Waals surface area contributed by atoms with Crippen LogP contribution in [0.25, 0.3) is 0 Å². The Bertz CT molecular complexity index is 749. The van der Waals surface area contributed by atoms with Crippen LogP contribution in [0.5, 0.6) is 0 Å². The zero-order chi connectivity index (χ0) is 17.3. The summed E-state index contributed by atoms with van der Waals surface area (Å²) >= 11 is 0. The van der Waals surface area contributed by atoms with E-state index in [1.165, 1.54) is 12.1 Å². The fraction of sp³-hybridized carbons (Fsp3) is 0.333. The van der Waals surface area contributed by atoms with Crippen molar-refractivity contribution in [2.24, 2.45) is 0 Å². The van der Waals surface area contributed by atoms with Crippen molar-refractivity contribution >= 4 is 5.97 Å². The van der Waals surface area contributed by atoms with Crippen LogP contribution in [0.1, 0.15) is 35.7 Å². The molecule has 1 fully saturated rings. The van der Waals surface area contributed by atoms with Gasteiger partial charge in [-0.15, -0.1) is 0 Å². The minimum absolute atomic E-state index is 0.237. The molecule has 0 spiro atoms. The standard InChI is InChI=1S/C18H18F2N2O2/c1-11-4-7-15(21-10-11)17(13-6-5-12(19)9-14(13)20)22-8-2-3-16(22)18(23)24/h4-7,9-10,16-17H,2-3,8H2,1H3,(H,23,24). The minimum atomic E-state index is -0.938. The summed E-state index contributed by atoms with van der Waals surface area (Å²) < 4.78 is 27.7. The van der Waals surface area contributed by atoms with Gasteiger partial charge in [-0.05, 0) is 37.5 Å². The fourth-order valence-electron chi connectivity index (χ4n) is 3.24. The zero-order valence-electron chi connectivity index (χ0n) is 13.2. The van der Waals surface area contributed by atoms with Gasteiger partial charge in [-0.25, -0.2) is 8.78 Å². The van der Waals surface area contributed by atoms with E-state index in [1.54, 1.807) is 17.2 Å². The number of pyridine rings is 1. The van der Waals surface area contributed by atoms with Crippen molar-refractivity contribution < 1.29 is 18.7 Å². The predicted molar refractivity (Wildman–Crippen MR) is 84.5 cm³/mol. The van der Waals surface area contributed by atoms with Crippen LogP contribution in [-0.2, 0) is 4.79 Å². The van der Waals surface area contributed by atoms with Gasteiger partial charge in [0.15, 0.2) is 0 Å². The first-order chi connectivity index (χ1) is 11.5. The van der Waals surface area contributed by atoms with Gasteiger partial charge in [-0.3, -0.25) is 14.7 Å². The Morgan fingerprint density at radius 1 is 1.33 bits per heavy atom. The van der Waals surface area contributed by atoms with Gasteiger partial charge in [0.25, 0.3) is 0 Å². The van der Waals surface area contributed by atoms with E-state index in [0.29, 0.717) is 25.1 Å². The minimum Gasteiger partial charge on any atom is -0.480 e. The third-order valence-electron chi connectivity index (χ3n) is 4.38. The highest BCUT2D eigenvalue weighted by Gasteiger charge is 2.38. The van der Waals surface area contributed by atoms with Crippen molar-refractivity contribution in [1.29, 1.82) is 0 Å². The molecule has 24 heavy (non-hydrogen) atoms. The Hall–Kier alpha value is -2.34. The largest absolute Gasteiger partial charge is 0.480 e. The van der Waals surface area contributed by atoms with Crippen LogP contribution >= 0.6 is 0 Å². The summed E-state index contributed by atoms with van der Waals surface area (Å²) in [7, 11) is 0. The lowest BCUT2D eigenvalue weighted by atomic mass is 9.99. The third-order valence-corrected chi connectivity index (χ3v) is 4.38. The van der Waals surface area contributed by atoms with E-state index in [2.05, 4.69) is 4.98 Å². The highest BCUT2D eigenvalue weighted by atomic mass is 19.1. The van der Waals surface area contributed by atoms with Crippen LogP contribution in [0.2, 0.25) is 0 Å². The molecule has 4 nitrogen and oxygen atoms in total. The smallest absolute Gasteiger partial charge is 0.320 e. The first-order valence-corrected chi connectivity index (χ1v) is 7.83. The van der Waals surface area contributed by atoms with Crippen LogP contribution in [0.15, 0.2) is 36.5 Å². The van der Waals surface area contributed by atoms with Gasteiger partial charge >= 0.3 is 5.97 Å². The monoisotopic (exact) mass is 332 g/mol. The lowest BCUT2D eigenvalue weighted by Crippen LogP contribution is -2.39. The molecule has 0 amide bonds. The van der Waals surface area contributed by atoms with Crippen molar-refractivity contribution in [3.63, 3.8) is 0 Å². The summed E-state index contributed by atoms with van der Waals surface area (Å²) in [4.78, 5) is 17.7. The number of aryl methyl sites for hydroxylation is 1. The highest BCUT2D eigenvalue weighted by Crippen LogP contribution is 2.35. The molecule has 1 N–H and O–H groups in total. The quantitative estimate of drug-likeness (QED) is 0.933. The van der Waals surface area contributed by atoms with Crippen LogP contribution in [0.3, 0.4) is 0 Å². The number of likely N-dealkylation sites (tertiary alicyclic amines) is 1. The lowest BCUT2D eigenvalue weighted by Gasteiger charge is -2.31. The van der Waals surface area contributed by atoms with Gasteiger partial charge in [0.2, 0.25) is 0 Å². The van der Waals surface area contributed by atoms with Gasteiger partial charge in [-0.2, -0.15) is 0 Å². The molecule has 1 saturated heterocycles. The van der Waals surface area contributed by atoms with E-state index < -0.39 is 29.7 Å².